The van der Waals surface area contributed by atoms with Gasteiger partial charge in [0.2, 0.25) is 0 Å². The molecule has 1 aliphatic carbocycles. The van der Waals surface area contributed by atoms with E-state index >= 15 is 0 Å². The molecule has 1 aromatic rings. The van der Waals surface area contributed by atoms with Crippen molar-refractivity contribution >= 4 is 12.2 Å². The van der Waals surface area contributed by atoms with E-state index in [-0.39, 0.29) is 6.04 Å². The first-order valence-electron chi connectivity index (χ1n) is 4.60. The van der Waals surface area contributed by atoms with Crippen LogP contribution in [0.15, 0.2) is 0 Å². The van der Waals surface area contributed by atoms with Crippen LogP contribution in [0.25, 0.3) is 0 Å². The zero-order valence-electron chi connectivity index (χ0n) is 7.63. The van der Waals surface area contributed by atoms with Crippen molar-refractivity contribution in [3.8, 4) is 0 Å². The first-order chi connectivity index (χ1) is 6.22. The van der Waals surface area contributed by atoms with Crippen LogP contribution in [0.2, 0.25) is 0 Å². The first kappa shape index (κ1) is 8.84. The Morgan fingerprint density at radius 2 is 2.46 bits per heavy atom. The molecule has 13 heavy (non-hydrogen) atoms. The number of nitrogens with one attached hydrogen (secondary N) is 1. The number of aromatic amines is 1. The summed E-state index contributed by atoms with van der Waals surface area (Å²) < 4.78 is 0.588. The Morgan fingerprint density at radius 3 is 3.15 bits per heavy atom. The third-order valence-electron chi connectivity index (χ3n) is 2.54. The predicted molar refractivity (Wildman–Crippen MR) is 54.0 cm³/mol. The Morgan fingerprint density at radius 1 is 1.69 bits per heavy atom. The van der Waals surface area contributed by atoms with E-state index in [4.69, 9.17) is 18.0 Å². The van der Waals surface area contributed by atoms with Crippen molar-refractivity contribution in [2.45, 2.75) is 32.2 Å². The number of nitrogens with two attached hydrogens (primary N) is 1. The molecule has 3 nitrogen and oxygen atoms in total. The zero-order chi connectivity index (χ0) is 9.42. The minimum atomic E-state index is 0.157. The van der Waals surface area contributed by atoms with Crippen LogP contribution in [-0.2, 0) is 12.8 Å². The Balaban J connectivity index is 2.64. The number of H-pyrrole nitrogens is 1. The van der Waals surface area contributed by atoms with Gasteiger partial charge in [-0.25, -0.2) is 4.98 Å². The Bertz CT molecular complexity index is 383. The van der Waals surface area contributed by atoms with Crippen molar-refractivity contribution in [3.05, 3.63) is 21.7 Å². The predicted octanol–water partition coefficient (Wildman–Crippen LogP) is 1.65. The van der Waals surface area contributed by atoms with Crippen LogP contribution >= 0.6 is 12.2 Å². The maximum atomic E-state index is 5.98. The second-order valence-electron chi connectivity index (χ2n) is 3.38. The molecule has 0 amide bonds. The molecule has 1 atom stereocenters. The van der Waals surface area contributed by atoms with Crippen molar-refractivity contribution in [1.29, 1.82) is 0 Å². The van der Waals surface area contributed by atoms with Gasteiger partial charge in [0.25, 0.3) is 0 Å². The van der Waals surface area contributed by atoms with E-state index in [1.807, 2.05) is 0 Å². The molecular formula is C9H13N3S. The summed E-state index contributed by atoms with van der Waals surface area (Å²) in [7, 11) is 0. The number of rotatable bonds is 1. The third-order valence-corrected chi connectivity index (χ3v) is 2.73. The second kappa shape index (κ2) is 3.20. The van der Waals surface area contributed by atoms with Crippen molar-refractivity contribution in [2.75, 3.05) is 0 Å². The Hall–Kier alpha value is -0.740. The van der Waals surface area contributed by atoms with Gasteiger partial charge in [0.1, 0.15) is 0 Å². The molecule has 4 heteroatoms. The summed E-state index contributed by atoms with van der Waals surface area (Å²) >= 11 is 5.04. The van der Waals surface area contributed by atoms with Gasteiger partial charge < -0.3 is 10.7 Å². The van der Waals surface area contributed by atoms with Gasteiger partial charge in [-0.2, -0.15) is 0 Å². The number of aryl methyl sites for hydroxylation is 2. The molecule has 3 N–H and O–H groups in total. The van der Waals surface area contributed by atoms with Crippen molar-refractivity contribution in [1.82, 2.24) is 9.97 Å². The summed E-state index contributed by atoms with van der Waals surface area (Å²) in [6.07, 6.45) is 2.93. The van der Waals surface area contributed by atoms with Crippen LogP contribution in [0.5, 0.6) is 0 Å². The largest absolute Gasteiger partial charge is 0.334 e. The van der Waals surface area contributed by atoms with Gasteiger partial charge in [-0.3, -0.25) is 0 Å². The van der Waals surface area contributed by atoms with Gasteiger partial charge >= 0.3 is 0 Å². The zero-order valence-corrected chi connectivity index (χ0v) is 8.45. The molecular weight excluding hydrogens is 182 g/mol. The molecule has 0 spiro atoms. The summed E-state index contributed by atoms with van der Waals surface area (Å²) in [6, 6.07) is 0.157. The third kappa shape index (κ3) is 1.40. The van der Waals surface area contributed by atoms with Crippen LogP contribution in [0.1, 0.15) is 36.3 Å². The van der Waals surface area contributed by atoms with Gasteiger partial charge in [-0.1, -0.05) is 6.92 Å². The lowest BCUT2D eigenvalue weighted by Gasteiger charge is -2.08. The van der Waals surface area contributed by atoms with E-state index in [1.165, 1.54) is 11.3 Å². The lowest BCUT2D eigenvalue weighted by Crippen LogP contribution is -2.10. The summed E-state index contributed by atoms with van der Waals surface area (Å²) in [4.78, 5) is 7.41. The molecule has 0 aliphatic heterocycles. The second-order valence-corrected chi connectivity index (χ2v) is 3.77. The summed E-state index contributed by atoms with van der Waals surface area (Å²) in [5.41, 5.74) is 9.45. The highest BCUT2D eigenvalue weighted by Gasteiger charge is 2.23. The van der Waals surface area contributed by atoms with E-state index in [1.54, 1.807) is 0 Å². The summed E-state index contributed by atoms with van der Waals surface area (Å²) in [5, 5.41) is 0. The molecule has 1 unspecified atom stereocenters. The van der Waals surface area contributed by atoms with Gasteiger partial charge in [0.15, 0.2) is 4.77 Å². The Kier molecular flexibility index (Phi) is 2.17. The van der Waals surface area contributed by atoms with E-state index in [0.717, 1.165) is 25.0 Å². The fraction of sp³-hybridized carbons (Fsp3) is 0.556. The van der Waals surface area contributed by atoms with Crippen molar-refractivity contribution in [3.63, 3.8) is 0 Å². The molecule has 70 valence electrons. The maximum Gasteiger partial charge on any atom is 0.197 e. The van der Waals surface area contributed by atoms with Crippen LogP contribution < -0.4 is 5.73 Å². The SMILES string of the molecule is CCc1nc(=S)[nH]c2c1C(N)CC2. The monoisotopic (exact) mass is 195 g/mol. The molecule has 1 heterocycles. The van der Waals surface area contributed by atoms with Gasteiger partial charge in [0.05, 0.1) is 0 Å². The molecule has 0 saturated carbocycles. The van der Waals surface area contributed by atoms with Crippen molar-refractivity contribution < 1.29 is 0 Å². The van der Waals surface area contributed by atoms with Gasteiger partial charge in [-0.05, 0) is 31.5 Å². The van der Waals surface area contributed by atoms with Gasteiger partial charge in [0, 0.05) is 23.0 Å². The molecule has 0 bridgehead atoms. The highest BCUT2D eigenvalue weighted by molar-refractivity contribution is 7.71. The van der Waals surface area contributed by atoms with E-state index in [9.17, 15) is 0 Å². The molecule has 0 aromatic carbocycles. The molecule has 2 rings (SSSR count). The van der Waals surface area contributed by atoms with E-state index < -0.39 is 0 Å². The average molecular weight is 195 g/mol. The molecule has 1 aliphatic rings. The van der Waals surface area contributed by atoms with E-state index in [2.05, 4.69) is 16.9 Å². The lowest BCUT2D eigenvalue weighted by atomic mass is 10.1. The molecule has 1 aromatic heterocycles. The lowest BCUT2D eigenvalue weighted by molar-refractivity contribution is 0.703. The van der Waals surface area contributed by atoms with Crippen LogP contribution in [0.4, 0.5) is 0 Å². The number of hydrogen-bond acceptors (Lipinski definition) is 3. The number of aromatic nitrogens is 2. The quantitative estimate of drug-likeness (QED) is 0.670. The minimum Gasteiger partial charge on any atom is -0.334 e. The van der Waals surface area contributed by atoms with Crippen LogP contribution in [0.3, 0.4) is 0 Å². The summed E-state index contributed by atoms with van der Waals surface area (Å²) in [6.45, 7) is 2.09. The van der Waals surface area contributed by atoms with Crippen LogP contribution in [0, 0.1) is 4.77 Å². The standard InChI is InChI=1S/C9H13N3S/c1-2-6-8-5(10)3-4-7(8)12-9(13)11-6/h5H,2-4,10H2,1H3,(H,11,12,13). The average Bonchev–Trinajstić information content (AvgIpc) is 2.46. The minimum absolute atomic E-state index is 0.157. The van der Waals surface area contributed by atoms with Gasteiger partial charge in [-0.15, -0.1) is 0 Å². The highest BCUT2D eigenvalue weighted by atomic mass is 32.1. The number of fused-ring (bicyclic) bond motifs is 1. The first-order valence-corrected chi connectivity index (χ1v) is 5.00. The Labute approximate surface area is 82.4 Å². The van der Waals surface area contributed by atoms with E-state index in [0.29, 0.717) is 4.77 Å². The number of nitrogens with zero attached hydrogens (tertiary/aromatic N) is 1. The smallest absolute Gasteiger partial charge is 0.197 e. The number of hydrogen-bond donors (Lipinski definition) is 2. The highest BCUT2D eigenvalue weighted by Crippen LogP contribution is 2.29. The topological polar surface area (TPSA) is 54.7 Å². The molecule has 0 saturated heterocycles. The molecule has 0 fully saturated rings. The van der Waals surface area contributed by atoms with Crippen LogP contribution in [-0.4, -0.2) is 9.97 Å². The fourth-order valence-corrected chi connectivity index (χ4v) is 2.16. The fourth-order valence-electron chi connectivity index (χ4n) is 1.93. The normalized spacial score (nSPS) is 20.3. The molecule has 0 radical (unpaired) electrons. The maximum absolute atomic E-state index is 5.98. The van der Waals surface area contributed by atoms with Crippen molar-refractivity contribution in [2.24, 2.45) is 5.73 Å². The summed E-state index contributed by atoms with van der Waals surface area (Å²) in [5.74, 6) is 0.